The lowest BCUT2D eigenvalue weighted by molar-refractivity contribution is -0.137. The van der Waals surface area contributed by atoms with E-state index in [1.807, 2.05) is 12.3 Å². The van der Waals surface area contributed by atoms with E-state index in [-0.39, 0.29) is 34.7 Å². The van der Waals surface area contributed by atoms with Crippen molar-refractivity contribution in [3.8, 4) is 11.3 Å². The molecule has 3 heterocycles. The quantitative estimate of drug-likeness (QED) is 0.0931. The number of hydrogen-bond donors (Lipinski definition) is 4. The largest absolute Gasteiger partial charge is 0.421 e. The summed E-state index contributed by atoms with van der Waals surface area (Å²) in [4.78, 5) is 41.2. The standard InChI is InChI=1S/C32H39F3N7O5PSi/c1-31(2,3)49(5,6)47-16-15-42-14-13-25(40-42)22-11-12-26(27-23(22)18-41(4)29(27)43)38-28-24(32(33,34)35)17-36-30(39-28)37-21-9-7-20(8-10-21)19-48(44,45)46/h7-14,17H,15-16,18-19H2,1-6H3,(H2,44,45,46)(H2,36,37,38,39). The summed E-state index contributed by atoms with van der Waals surface area (Å²) in [5, 5.41) is 10.3. The zero-order chi connectivity index (χ0) is 35.9. The molecule has 17 heteroatoms. The van der Waals surface area contributed by atoms with E-state index in [2.05, 4.69) is 54.5 Å². The summed E-state index contributed by atoms with van der Waals surface area (Å²) in [6, 6.07) is 11.1. The van der Waals surface area contributed by atoms with E-state index in [1.165, 1.54) is 29.2 Å². The van der Waals surface area contributed by atoms with Gasteiger partial charge >= 0.3 is 13.8 Å². The highest BCUT2D eigenvalue weighted by Crippen LogP contribution is 2.41. The van der Waals surface area contributed by atoms with Crippen LogP contribution in [0.25, 0.3) is 11.3 Å². The monoisotopic (exact) mass is 717 g/mol. The van der Waals surface area contributed by atoms with Crippen LogP contribution >= 0.6 is 7.60 Å². The highest BCUT2D eigenvalue weighted by molar-refractivity contribution is 7.50. The summed E-state index contributed by atoms with van der Waals surface area (Å²) >= 11 is 0. The predicted molar refractivity (Wildman–Crippen MR) is 182 cm³/mol. The van der Waals surface area contributed by atoms with Gasteiger partial charge in [-0.05, 0) is 53.5 Å². The van der Waals surface area contributed by atoms with E-state index in [0.717, 1.165) is 0 Å². The second-order valence-corrected chi connectivity index (χ2v) is 19.9. The number of halogens is 3. The average Bonchev–Trinajstić information content (AvgIpc) is 3.56. The first-order valence-electron chi connectivity index (χ1n) is 15.4. The molecule has 0 fully saturated rings. The molecule has 4 aromatic rings. The molecule has 2 aromatic carbocycles. The van der Waals surface area contributed by atoms with Gasteiger partial charge in [-0.1, -0.05) is 39.0 Å². The highest BCUT2D eigenvalue weighted by atomic mass is 31.2. The maximum Gasteiger partial charge on any atom is 0.421 e. The van der Waals surface area contributed by atoms with Crippen molar-refractivity contribution >= 4 is 45.0 Å². The van der Waals surface area contributed by atoms with Crippen molar-refractivity contribution in [2.45, 2.75) is 64.3 Å². The van der Waals surface area contributed by atoms with Gasteiger partial charge in [0, 0.05) is 37.2 Å². The van der Waals surface area contributed by atoms with Gasteiger partial charge in [0.25, 0.3) is 5.91 Å². The molecule has 0 atom stereocenters. The topological polar surface area (TPSA) is 155 Å². The third-order valence-corrected chi connectivity index (χ3v) is 14.0. The number of aromatic nitrogens is 4. The van der Waals surface area contributed by atoms with Gasteiger partial charge in [-0.2, -0.15) is 23.3 Å². The van der Waals surface area contributed by atoms with Gasteiger partial charge in [0.2, 0.25) is 5.95 Å². The Morgan fingerprint density at radius 1 is 1.04 bits per heavy atom. The molecule has 1 amide bonds. The van der Waals surface area contributed by atoms with Crippen LogP contribution in [0.4, 0.5) is 36.3 Å². The van der Waals surface area contributed by atoms with Crippen molar-refractivity contribution in [3.63, 3.8) is 0 Å². The van der Waals surface area contributed by atoms with E-state index in [1.54, 1.807) is 23.9 Å². The minimum Gasteiger partial charge on any atom is -0.415 e. The van der Waals surface area contributed by atoms with Crippen LogP contribution in [0.5, 0.6) is 0 Å². The normalized spacial score (nSPS) is 13.9. The van der Waals surface area contributed by atoms with E-state index in [0.29, 0.717) is 47.4 Å². The molecule has 0 spiro atoms. The number of nitrogens with one attached hydrogen (secondary N) is 2. The van der Waals surface area contributed by atoms with Gasteiger partial charge in [0.05, 0.1) is 36.3 Å². The number of benzene rings is 2. The first kappa shape index (κ1) is 36.2. The molecule has 262 valence electrons. The van der Waals surface area contributed by atoms with Crippen molar-refractivity contribution in [2.75, 3.05) is 24.3 Å². The molecule has 5 rings (SSSR count). The third kappa shape index (κ3) is 8.39. The lowest BCUT2D eigenvalue weighted by Crippen LogP contribution is -2.41. The number of carbonyl (C=O) groups excluding carboxylic acids is 1. The Morgan fingerprint density at radius 3 is 2.37 bits per heavy atom. The number of carbonyl (C=O) groups is 1. The molecule has 0 saturated heterocycles. The van der Waals surface area contributed by atoms with Crippen LogP contribution < -0.4 is 10.6 Å². The molecule has 12 nitrogen and oxygen atoms in total. The third-order valence-electron chi connectivity index (χ3n) is 8.72. The van der Waals surface area contributed by atoms with Crippen LogP contribution in [-0.2, 0) is 34.4 Å². The van der Waals surface area contributed by atoms with Crippen LogP contribution in [0.15, 0.2) is 54.9 Å². The number of nitrogens with zero attached hydrogens (tertiary/aromatic N) is 5. The lowest BCUT2D eigenvalue weighted by Gasteiger charge is -2.36. The van der Waals surface area contributed by atoms with Crippen molar-refractivity contribution in [2.24, 2.45) is 0 Å². The molecule has 0 radical (unpaired) electrons. The van der Waals surface area contributed by atoms with E-state index in [9.17, 15) is 32.3 Å². The maximum atomic E-state index is 14.1. The first-order chi connectivity index (χ1) is 22.7. The molecular formula is C32H39F3N7O5PSi. The van der Waals surface area contributed by atoms with E-state index >= 15 is 0 Å². The van der Waals surface area contributed by atoms with Crippen LogP contribution in [0.3, 0.4) is 0 Å². The summed E-state index contributed by atoms with van der Waals surface area (Å²) < 4.78 is 61.7. The Labute approximate surface area is 283 Å². The fourth-order valence-corrected chi connectivity index (χ4v) is 6.79. The number of alkyl halides is 3. The highest BCUT2D eigenvalue weighted by Gasteiger charge is 2.38. The molecule has 49 heavy (non-hydrogen) atoms. The van der Waals surface area contributed by atoms with Gasteiger partial charge in [-0.25, -0.2) is 4.98 Å². The number of anilines is 4. The van der Waals surface area contributed by atoms with Gasteiger partial charge in [0.1, 0.15) is 11.4 Å². The predicted octanol–water partition coefficient (Wildman–Crippen LogP) is 7.13. The maximum absolute atomic E-state index is 14.1. The van der Waals surface area contributed by atoms with Crippen molar-refractivity contribution in [1.29, 1.82) is 0 Å². The van der Waals surface area contributed by atoms with Crippen molar-refractivity contribution in [1.82, 2.24) is 24.6 Å². The Hall–Kier alpha value is -4.08. The Balaban J connectivity index is 1.41. The van der Waals surface area contributed by atoms with Crippen LogP contribution in [0.2, 0.25) is 18.1 Å². The van der Waals surface area contributed by atoms with Crippen LogP contribution in [0.1, 0.15) is 47.8 Å². The second-order valence-electron chi connectivity index (χ2n) is 13.5. The minimum atomic E-state index is -4.81. The van der Waals surface area contributed by atoms with Crippen molar-refractivity contribution in [3.05, 3.63) is 77.1 Å². The number of fused-ring (bicyclic) bond motifs is 1. The molecule has 0 bridgehead atoms. The van der Waals surface area contributed by atoms with E-state index < -0.39 is 39.6 Å². The number of hydrogen-bond acceptors (Lipinski definition) is 8. The zero-order valence-electron chi connectivity index (χ0n) is 28.0. The fourth-order valence-electron chi connectivity index (χ4n) is 5.07. The molecule has 1 aliphatic rings. The molecule has 0 unspecified atom stereocenters. The second kappa shape index (κ2) is 13.3. The van der Waals surface area contributed by atoms with Gasteiger partial charge < -0.3 is 29.7 Å². The van der Waals surface area contributed by atoms with Crippen LogP contribution in [0, 0.1) is 0 Å². The van der Waals surface area contributed by atoms with Gasteiger partial charge in [0.15, 0.2) is 8.32 Å². The molecule has 0 saturated carbocycles. The summed E-state index contributed by atoms with van der Waals surface area (Å²) in [6.45, 7) is 12.2. The van der Waals surface area contributed by atoms with Gasteiger partial charge in [-0.15, -0.1) is 0 Å². The molecule has 1 aliphatic heterocycles. The Bertz CT molecular complexity index is 1910. The summed E-state index contributed by atoms with van der Waals surface area (Å²) in [5.74, 6) is -1.10. The molecular weight excluding hydrogens is 678 g/mol. The lowest BCUT2D eigenvalue weighted by atomic mass is 9.99. The fraction of sp³-hybridized carbons (Fsp3) is 0.375. The average molecular weight is 718 g/mol. The minimum absolute atomic E-state index is 0.0756. The number of rotatable bonds is 11. The first-order valence-corrected chi connectivity index (χ1v) is 20.1. The molecule has 4 N–H and O–H groups in total. The molecule has 2 aromatic heterocycles. The van der Waals surface area contributed by atoms with Gasteiger partial charge in [-0.3, -0.25) is 14.0 Å². The summed E-state index contributed by atoms with van der Waals surface area (Å²) in [5.41, 5.74) is 1.92. The molecule has 0 aliphatic carbocycles. The zero-order valence-corrected chi connectivity index (χ0v) is 29.9. The summed E-state index contributed by atoms with van der Waals surface area (Å²) in [7, 11) is -4.59. The smallest absolute Gasteiger partial charge is 0.415 e. The summed E-state index contributed by atoms with van der Waals surface area (Å²) in [6.07, 6.45) is -2.79. The van der Waals surface area contributed by atoms with Crippen LogP contribution in [-0.4, -0.2) is 62.3 Å². The van der Waals surface area contributed by atoms with E-state index in [4.69, 9.17) is 9.52 Å². The SMILES string of the molecule is CN1Cc2c(-c3ccn(CCO[Si](C)(C)C(C)(C)C)n3)ccc(Nc3nc(Nc4ccc(CP(=O)(O)O)cc4)ncc3C(F)(F)F)c2C1=O. The Kier molecular flexibility index (Phi) is 9.84. The Morgan fingerprint density at radius 2 is 1.73 bits per heavy atom. The van der Waals surface area contributed by atoms with Crippen molar-refractivity contribution < 1.29 is 36.7 Å². The number of amides is 1.